The standard InChI is InChI=1S/C15H13BrFNO/c1-9-6-7-12(17)11(8-9)15(19)18-13-5-3-4-10(2)14(13)16/h3-8H,1-2H3,(H,18,19). The van der Waals surface area contributed by atoms with Crippen molar-refractivity contribution in [1.82, 2.24) is 0 Å². The molecule has 0 spiro atoms. The molecule has 19 heavy (non-hydrogen) atoms. The summed E-state index contributed by atoms with van der Waals surface area (Å²) in [5.41, 5.74) is 2.52. The molecule has 0 aliphatic heterocycles. The maximum atomic E-state index is 13.6. The number of aryl methyl sites for hydroxylation is 2. The average Bonchev–Trinajstić information content (AvgIpc) is 2.38. The molecule has 0 atom stereocenters. The van der Waals surface area contributed by atoms with Crippen LogP contribution in [0, 0.1) is 19.7 Å². The van der Waals surface area contributed by atoms with Crippen molar-refractivity contribution in [2.45, 2.75) is 13.8 Å². The van der Waals surface area contributed by atoms with Crippen molar-refractivity contribution in [2.75, 3.05) is 5.32 Å². The lowest BCUT2D eigenvalue weighted by atomic mass is 10.1. The molecule has 2 aromatic carbocycles. The number of hydrogen-bond acceptors (Lipinski definition) is 1. The molecule has 0 aromatic heterocycles. The molecule has 98 valence electrons. The van der Waals surface area contributed by atoms with Crippen LogP contribution in [0.4, 0.5) is 10.1 Å². The zero-order chi connectivity index (χ0) is 14.0. The molecule has 0 aliphatic carbocycles. The summed E-state index contributed by atoms with van der Waals surface area (Å²) in [7, 11) is 0. The van der Waals surface area contributed by atoms with Gasteiger partial charge in [-0.2, -0.15) is 0 Å². The minimum Gasteiger partial charge on any atom is -0.321 e. The number of carbonyl (C=O) groups is 1. The normalized spacial score (nSPS) is 10.3. The Morgan fingerprint density at radius 1 is 1.21 bits per heavy atom. The van der Waals surface area contributed by atoms with Crippen molar-refractivity contribution >= 4 is 27.5 Å². The van der Waals surface area contributed by atoms with Gasteiger partial charge < -0.3 is 5.32 Å². The Labute approximate surface area is 119 Å². The van der Waals surface area contributed by atoms with E-state index in [1.807, 2.05) is 26.0 Å². The first-order valence-electron chi connectivity index (χ1n) is 5.81. The minimum atomic E-state index is -0.521. The summed E-state index contributed by atoms with van der Waals surface area (Å²) in [6.07, 6.45) is 0. The number of rotatable bonds is 2. The van der Waals surface area contributed by atoms with Crippen LogP contribution in [0.5, 0.6) is 0 Å². The van der Waals surface area contributed by atoms with Crippen molar-refractivity contribution in [3.63, 3.8) is 0 Å². The number of amides is 1. The summed E-state index contributed by atoms with van der Waals surface area (Å²) < 4.78 is 14.4. The smallest absolute Gasteiger partial charge is 0.258 e. The topological polar surface area (TPSA) is 29.1 Å². The number of benzene rings is 2. The fourth-order valence-corrected chi connectivity index (χ4v) is 2.11. The lowest BCUT2D eigenvalue weighted by Gasteiger charge is -2.10. The number of nitrogens with one attached hydrogen (secondary N) is 1. The molecule has 0 radical (unpaired) electrons. The second-order valence-electron chi connectivity index (χ2n) is 4.37. The summed E-state index contributed by atoms with van der Waals surface area (Å²) >= 11 is 3.41. The first-order chi connectivity index (χ1) is 8.99. The predicted molar refractivity (Wildman–Crippen MR) is 78.0 cm³/mol. The summed E-state index contributed by atoms with van der Waals surface area (Å²) in [5, 5.41) is 2.71. The van der Waals surface area contributed by atoms with Crippen LogP contribution in [0.15, 0.2) is 40.9 Å². The molecule has 0 heterocycles. The third kappa shape index (κ3) is 3.01. The highest BCUT2D eigenvalue weighted by atomic mass is 79.9. The second-order valence-corrected chi connectivity index (χ2v) is 5.17. The van der Waals surface area contributed by atoms with Crippen LogP contribution in [-0.4, -0.2) is 5.91 Å². The Hall–Kier alpha value is -1.68. The molecule has 4 heteroatoms. The molecule has 1 amide bonds. The third-order valence-electron chi connectivity index (χ3n) is 2.81. The van der Waals surface area contributed by atoms with E-state index in [9.17, 15) is 9.18 Å². The molecule has 0 unspecified atom stereocenters. The highest BCUT2D eigenvalue weighted by molar-refractivity contribution is 9.10. The van der Waals surface area contributed by atoms with E-state index in [4.69, 9.17) is 0 Å². The highest BCUT2D eigenvalue weighted by Crippen LogP contribution is 2.26. The summed E-state index contributed by atoms with van der Waals surface area (Å²) in [6.45, 7) is 3.74. The molecule has 0 saturated heterocycles. The van der Waals surface area contributed by atoms with Crippen LogP contribution in [0.3, 0.4) is 0 Å². The Morgan fingerprint density at radius 3 is 2.68 bits per heavy atom. The lowest BCUT2D eigenvalue weighted by molar-refractivity contribution is 0.102. The summed E-state index contributed by atoms with van der Waals surface area (Å²) in [5.74, 6) is -0.973. The third-order valence-corrected chi connectivity index (χ3v) is 3.86. The van der Waals surface area contributed by atoms with Crippen LogP contribution in [0.25, 0.3) is 0 Å². The van der Waals surface area contributed by atoms with E-state index < -0.39 is 11.7 Å². The van der Waals surface area contributed by atoms with E-state index in [0.717, 1.165) is 15.6 Å². The van der Waals surface area contributed by atoms with Crippen molar-refractivity contribution in [1.29, 1.82) is 0 Å². The van der Waals surface area contributed by atoms with Gasteiger partial charge in [0.1, 0.15) is 5.82 Å². The van der Waals surface area contributed by atoms with Gasteiger partial charge in [0.25, 0.3) is 5.91 Å². The zero-order valence-electron chi connectivity index (χ0n) is 10.6. The maximum absolute atomic E-state index is 13.6. The Morgan fingerprint density at radius 2 is 1.95 bits per heavy atom. The molecule has 2 nitrogen and oxygen atoms in total. The molecule has 2 rings (SSSR count). The molecule has 2 aromatic rings. The van der Waals surface area contributed by atoms with E-state index in [2.05, 4.69) is 21.2 Å². The summed E-state index contributed by atoms with van der Waals surface area (Å²) in [4.78, 5) is 12.1. The molecule has 0 saturated carbocycles. The van der Waals surface area contributed by atoms with Crippen LogP contribution >= 0.6 is 15.9 Å². The van der Waals surface area contributed by atoms with Crippen molar-refractivity contribution in [3.05, 3.63) is 63.4 Å². The largest absolute Gasteiger partial charge is 0.321 e. The van der Waals surface area contributed by atoms with Gasteiger partial charge in [0.15, 0.2) is 0 Å². The van der Waals surface area contributed by atoms with Crippen molar-refractivity contribution in [2.24, 2.45) is 0 Å². The second kappa shape index (κ2) is 5.53. The van der Waals surface area contributed by atoms with Gasteiger partial charge in [-0.3, -0.25) is 4.79 Å². The number of anilines is 1. The lowest BCUT2D eigenvalue weighted by Crippen LogP contribution is -2.14. The quantitative estimate of drug-likeness (QED) is 0.869. The summed E-state index contributed by atoms with van der Waals surface area (Å²) in [6, 6.07) is 10.00. The van der Waals surface area contributed by atoms with Crippen molar-refractivity contribution in [3.8, 4) is 0 Å². The van der Waals surface area contributed by atoms with Gasteiger partial charge in [-0.1, -0.05) is 23.8 Å². The van der Waals surface area contributed by atoms with Crippen LogP contribution in [0.2, 0.25) is 0 Å². The fraction of sp³-hybridized carbons (Fsp3) is 0.133. The highest BCUT2D eigenvalue weighted by Gasteiger charge is 2.13. The Kier molecular flexibility index (Phi) is 4.00. The molecular formula is C15H13BrFNO. The Balaban J connectivity index is 2.31. The predicted octanol–water partition coefficient (Wildman–Crippen LogP) is 4.46. The fourth-order valence-electron chi connectivity index (χ4n) is 1.75. The number of hydrogen-bond donors (Lipinski definition) is 1. The monoisotopic (exact) mass is 321 g/mol. The van der Waals surface area contributed by atoms with Crippen LogP contribution < -0.4 is 5.32 Å². The molecule has 0 fully saturated rings. The SMILES string of the molecule is Cc1ccc(F)c(C(=O)Nc2cccc(C)c2Br)c1. The van der Waals surface area contributed by atoms with Gasteiger partial charge in [0.05, 0.1) is 11.3 Å². The van der Waals surface area contributed by atoms with E-state index >= 15 is 0 Å². The minimum absolute atomic E-state index is 0.0495. The number of halogens is 2. The van der Waals surface area contributed by atoms with Gasteiger partial charge in [-0.05, 0) is 53.5 Å². The van der Waals surface area contributed by atoms with E-state index in [0.29, 0.717) is 5.69 Å². The Bertz CT molecular complexity index is 640. The first kappa shape index (κ1) is 13.7. The molecule has 0 aliphatic rings. The van der Waals surface area contributed by atoms with Crippen LogP contribution in [0.1, 0.15) is 21.5 Å². The van der Waals surface area contributed by atoms with Gasteiger partial charge in [-0.25, -0.2) is 4.39 Å². The van der Waals surface area contributed by atoms with Gasteiger partial charge >= 0.3 is 0 Å². The molecule has 0 bridgehead atoms. The van der Waals surface area contributed by atoms with Crippen LogP contribution in [-0.2, 0) is 0 Å². The first-order valence-corrected chi connectivity index (χ1v) is 6.61. The zero-order valence-corrected chi connectivity index (χ0v) is 12.2. The average molecular weight is 322 g/mol. The van der Waals surface area contributed by atoms with E-state index in [1.165, 1.54) is 12.1 Å². The van der Waals surface area contributed by atoms with E-state index in [-0.39, 0.29) is 5.56 Å². The van der Waals surface area contributed by atoms with Gasteiger partial charge in [0, 0.05) is 4.47 Å². The van der Waals surface area contributed by atoms with E-state index in [1.54, 1.807) is 12.1 Å². The van der Waals surface area contributed by atoms with Crippen molar-refractivity contribution < 1.29 is 9.18 Å². The number of carbonyl (C=O) groups excluding carboxylic acids is 1. The molecular weight excluding hydrogens is 309 g/mol. The maximum Gasteiger partial charge on any atom is 0.258 e. The van der Waals surface area contributed by atoms with Gasteiger partial charge in [-0.15, -0.1) is 0 Å². The van der Waals surface area contributed by atoms with Gasteiger partial charge in [0.2, 0.25) is 0 Å². The molecule has 1 N–H and O–H groups in total.